The summed E-state index contributed by atoms with van der Waals surface area (Å²) in [6, 6.07) is 0. The van der Waals surface area contributed by atoms with Crippen LogP contribution in [0.4, 0.5) is 0 Å². The first kappa shape index (κ1) is 62.1. The molecule has 0 aliphatic carbocycles. The summed E-state index contributed by atoms with van der Waals surface area (Å²) >= 11 is 0. The van der Waals surface area contributed by atoms with Crippen molar-refractivity contribution < 1.29 is 61.9 Å². The van der Waals surface area contributed by atoms with E-state index in [9.17, 15) is 20.1 Å². The Labute approximate surface area is 387 Å². The van der Waals surface area contributed by atoms with E-state index < -0.39 is 85.2 Å². The first-order valence-corrected chi connectivity index (χ1v) is 31.6. The Kier molecular flexibility index (Phi) is 25.1. The van der Waals surface area contributed by atoms with Crippen molar-refractivity contribution >= 4 is 36.7 Å². The van der Waals surface area contributed by atoms with Gasteiger partial charge >= 0.3 is 5.97 Å². The molecule has 0 spiro atoms. The number of carboxylic acids is 1. The van der Waals surface area contributed by atoms with Crippen LogP contribution in [0.5, 0.6) is 0 Å². The lowest BCUT2D eigenvalue weighted by atomic mass is 9.76. The molecule has 63 heavy (non-hydrogen) atoms. The lowest BCUT2D eigenvalue weighted by molar-refractivity contribution is -0.175. The van der Waals surface area contributed by atoms with Crippen molar-refractivity contribution in [3.05, 3.63) is 11.6 Å². The van der Waals surface area contributed by atoms with Crippen LogP contribution in [0.15, 0.2) is 11.6 Å². The van der Waals surface area contributed by atoms with Crippen LogP contribution in [0, 0.1) is 11.3 Å². The van der Waals surface area contributed by atoms with E-state index in [0.717, 1.165) is 12.0 Å². The Bertz CT molecular complexity index is 1400. The van der Waals surface area contributed by atoms with Gasteiger partial charge in [0.25, 0.3) is 0 Å². The molecule has 0 aromatic heterocycles. The van der Waals surface area contributed by atoms with E-state index in [1.54, 1.807) is 21.0 Å². The highest BCUT2D eigenvalue weighted by Crippen LogP contribution is 2.42. The third-order valence-electron chi connectivity index (χ3n) is 14.4. The number of aliphatic hydroxyl groups excluding tert-OH is 2. The number of ether oxygens (including phenoxy) is 5. The Morgan fingerprint density at radius 1 is 0.635 bits per heavy atom. The van der Waals surface area contributed by atoms with Crippen LogP contribution in [-0.4, -0.2) is 143 Å². The van der Waals surface area contributed by atoms with E-state index in [2.05, 4.69) is 115 Å². The highest BCUT2D eigenvalue weighted by Gasteiger charge is 2.50. The summed E-state index contributed by atoms with van der Waals surface area (Å²) in [4.78, 5) is 27.6. The molecule has 0 aliphatic rings. The van der Waals surface area contributed by atoms with Gasteiger partial charge in [0, 0.05) is 60.7 Å². The van der Waals surface area contributed by atoms with E-state index in [-0.39, 0.29) is 59.3 Å². The monoisotopic (exact) mass is 953 g/mol. The van der Waals surface area contributed by atoms with Gasteiger partial charge in [-0.1, -0.05) is 89.2 Å². The van der Waals surface area contributed by atoms with Crippen LogP contribution >= 0.6 is 0 Å². The van der Waals surface area contributed by atoms with E-state index in [1.165, 1.54) is 21.3 Å². The third-order valence-corrected chi connectivity index (χ3v) is 27.9. The second-order valence-electron chi connectivity index (χ2n) is 22.7. The highest BCUT2D eigenvalue weighted by atomic mass is 28.4. The van der Waals surface area contributed by atoms with Crippen LogP contribution in [0.3, 0.4) is 0 Å². The van der Waals surface area contributed by atoms with Crippen LogP contribution in [-0.2, 0) is 46.6 Å². The molecule has 0 amide bonds. The molecule has 3 N–H and O–H groups in total. The number of rotatable bonds is 30. The maximum atomic E-state index is 15.2. The smallest absolute Gasteiger partial charge is 0.335 e. The van der Waals surface area contributed by atoms with Gasteiger partial charge < -0.3 is 52.3 Å². The van der Waals surface area contributed by atoms with Crippen molar-refractivity contribution in [2.45, 2.75) is 225 Å². The van der Waals surface area contributed by atoms with E-state index >= 15 is 4.79 Å². The minimum absolute atomic E-state index is 0.0837. The second-order valence-corrected chi connectivity index (χ2v) is 37.1. The van der Waals surface area contributed by atoms with Gasteiger partial charge in [-0.25, -0.2) is 4.79 Å². The van der Waals surface area contributed by atoms with E-state index in [1.807, 2.05) is 6.92 Å². The molecule has 0 aliphatic heterocycles. The lowest BCUT2D eigenvalue weighted by Gasteiger charge is -2.45. The van der Waals surface area contributed by atoms with Crippen molar-refractivity contribution in [2.75, 3.05) is 41.8 Å². The fourth-order valence-corrected chi connectivity index (χ4v) is 10.0. The van der Waals surface area contributed by atoms with Gasteiger partial charge in [0.15, 0.2) is 36.8 Å². The molecular weight excluding hydrogens is 857 g/mol. The summed E-state index contributed by atoms with van der Waals surface area (Å²) in [5.41, 5.74) is -0.540. The highest BCUT2D eigenvalue weighted by molar-refractivity contribution is 6.75. The maximum absolute atomic E-state index is 15.2. The van der Waals surface area contributed by atoms with Gasteiger partial charge in [-0.05, 0) is 79.2 Å². The topological polar surface area (TPSA) is 169 Å². The van der Waals surface area contributed by atoms with E-state index in [4.69, 9.17) is 37.0 Å². The molecule has 16 heteroatoms. The quantitative estimate of drug-likeness (QED) is 0.0354. The van der Waals surface area contributed by atoms with Crippen LogP contribution < -0.4 is 0 Å². The SMILES string of the molecule is CC[C@H](/C=C(/C)[C@@H](O)C[C@H](C[C@H](O)C(C)(C)C(=O)[C@H](O[Si](C)(C)C(C)(C)C)[C@@H](C[C@H](C[C@@H](OC)[C@H](OCOC)C(=O)O)O[Si](C)(C)C(C)(C)C)OC)OC)CO[Si](C)(C)C(C)(C)C. The number of carbonyl (C=O) groups excluding carboxylic acids is 1. The van der Waals surface area contributed by atoms with Crippen molar-refractivity contribution in [3.8, 4) is 0 Å². The molecule has 374 valence electrons. The Morgan fingerprint density at radius 3 is 1.49 bits per heavy atom. The summed E-state index contributed by atoms with van der Waals surface area (Å²) in [6.07, 6.45) is -3.92. The number of methoxy groups -OCH3 is 4. The molecule has 0 bridgehead atoms. The average molecular weight is 954 g/mol. The first-order valence-electron chi connectivity index (χ1n) is 22.9. The number of ketones is 1. The number of carbonyl (C=O) groups is 2. The minimum Gasteiger partial charge on any atom is -0.479 e. The van der Waals surface area contributed by atoms with Gasteiger partial charge in [-0.2, -0.15) is 0 Å². The molecular formula is C47H96O13Si3. The Balaban J connectivity index is 6.94. The number of Topliss-reactive ketones (excluding diaryl/α,β-unsaturated/α-hetero) is 1. The van der Waals surface area contributed by atoms with Gasteiger partial charge in [-0.15, -0.1) is 0 Å². The van der Waals surface area contributed by atoms with Gasteiger partial charge in [-0.3, -0.25) is 4.79 Å². The average Bonchev–Trinajstić information content (AvgIpc) is 3.14. The summed E-state index contributed by atoms with van der Waals surface area (Å²) in [5, 5.41) is 33.2. The predicted octanol–water partition coefficient (Wildman–Crippen LogP) is 9.76. The van der Waals surface area contributed by atoms with Gasteiger partial charge in [0.1, 0.15) is 12.9 Å². The molecule has 13 nitrogen and oxygen atoms in total. The lowest BCUT2D eigenvalue weighted by Crippen LogP contribution is -2.56. The van der Waals surface area contributed by atoms with Crippen molar-refractivity contribution in [2.24, 2.45) is 11.3 Å². The molecule has 0 fully saturated rings. The molecule has 0 heterocycles. The minimum atomic E-state index is -2.68. The molecule has 0 saturated heterocycles. The number of hydrogen-bond donors (Lipinski definition) is 3. The standard InChI is InChI=1S/C47H96O13Si3/c1-24-33(30-58-61(18,19)44(3,4)5)25-32(2)36(48)26-34(54-15)29-39(49)47(12,13)42(50)40(60-63(22,23)46(9,10)11)37(55-16)27-35(59-62(20,21)45(6,7)8)28-38(56-17)41(43(51)52)57-31-53-14/h25,33-41,48-49H,24,26-31H2,1-23H3,(H,51,52)/b32-25-/t33-,34-,35-,36+,37-,38-,39+,40-,41+/m1/s1. The van der Waals surface area contributed by atoms with Crippen molar-refractivity contribution in [1.29, 1.82) is 0 Å². The van der Waals surface area contributed by atoms with Gasteiger partial charge in [0.2, 0.25) is 0 Å². The molecule has 0 saturated carbocycles. The molecule has 0 radical (unpaired) electrons. The summed E-state index contributed by atoms with van der Waals surface area (Å²) in [7, 11) is -1.20. The molecule has 0 unspecified atom stereocenters. The first-order chi connectivity index (χ1) is 28.4. The summed E-state index contributed by atoms with van der Waals surface area (Å²) in [5.74, 6) is -1.41. The zero-order valence-corrected chi connectivity index (χ0v) is 47.1. The van der Waals surface area contributed by atoms with Crippen molar-refractivity contribution in [3.63, 3.8) is 0 Å². The van der Waals surface area contributed by atoms with Crippen LogP contribution in [0.2, 0.25) is 54.4 Å². The summed E-state index contributed by atoms with van der Waals surface area (Å²) < 4.78 is 48.9. The second kappa shape index (κ2) is 25.5. The maximum Gasteiger partial charge on any atom is 0.335 e. The van der Waals surface area contributed by atoms with Crippen molar-refractivity contribution in [1.82, 2.24) is 0 Å². The zero-order valence-electron chi connectivity index (χ0n) is 44.1. The van der Waals surface area contributed by atoms with Crippen LogP contribution in [0.1, 0.15) is 122 Å². The fraction of sp³-hybridized carbons (Fsp3) is 0.915. The number of hydrogen-bond acceptors (Lipinski definition) is 12. The zero-order chi connectivity index (χ0) is 49.7. The molecule has 0 rings (SSSR count). The molecule has 0 aromatic rings. The Hall–Kier alpha value is -0.869. The molecule has 9 atom stereocenters. The number of carboxylic acid groups (broad SMARTS) is 1. The number of aliphatic hydroxyl groups is 2. The van der Waals surface area contributed by atoms with Crippen LogP contribution in [0.25, 0.3) is 0 Å². The Morgan fingerprint density at radius 2 is 1.10 bits per heavy atom. The number of aliphatic carboxylic acids is 1. The third kappa shape index (κ3) is 19.0. The fourth-order valence-electron chi connectivity index (χ4n) is 6.36. The normalized spacial score (nSPS) is 18.6. The van der Waals surface area contributed by atoms with E-state index in [0.29, 0.717) is 6.61 Å². The largest absolute Gasteiger partial charge is 0.479 e. The predicted molar refractivity (Wildman–Crippen MR) is 261 cm³/mol. The van der Waals surface area contributed by atoms with Gasteiger partial charge in [0.05, 0.1) is 42.0 Å². The summed E-state index contributed by atoms with van der Waals surface area (Å²) in [6.45, 7) is 39.9. The molecule has 0 aromatic carbocycles.